The number of aromatic hydroxyl groups is 2. The maximum absolute atomic E-state index is 13.5. The number of methoxy groups -OCH3 is 2. The molecule has 8 N–H and O–H groups in total. The molecule has 0 radical (unpaired) electrons. The molecule has 3 atom stereocenters. The summed E-state index contributed by atoms with van der Waals surface area (Å²) in [7, 11) is 2.89. The fraction of sp³-hybridized carbons (Fsp3) is 0.510. The van der Waals surface area contributed by atoms with E-state index in [1.165, 1.54) is 44.8 Å². The van der Waals surface area contributed by atoms with Crippen LogP contribution in [0.1, 0.15) is 114 Å². The second kappa shape index (κ2) is 24.9. The molecule has 2 fully saturated rings. The summed E-state index contributed by atoms with van der Waals surface area (Å²) in [6.07, 6.45) is 5.61. The van der Waals surface area contributed by atoms with Gasteiger partial charge >= 0.3 is 23.9 Å². The van der Waals surface area contributed by atoms with Gasteiger partial charge in [0.15, 0.2) is 19.0 Å². The van der Waals surface area contributed by atoms with Gasteiger partial charge in [-0.3, -0.25) is 19.9 Å². The van der Waals surface area contributed by atoms with Crippen LogP contribution in [0.25, 0.3) is 0 Å². The van der Waals surface area contributed by atoms with Crippen LogP contribution in [0.3, 0.4) is 0 Å². The van der Waals surface area contributed by atoms with Crippen molar-refractivity contribution in [1.82, 2.24) is 25.9 Å². The van der Waals surface area contributed by atoms with Crippen LogP contribution >= 0.6 is 0 Å². The summed E-state index contributed by atoms with van der Waals surface area (Å²) in [5.74, 6) is 0.383. The van der Waals surface area contributed by atoms with E-state index in [1.807, 2.05) is 47.6 Å². The normalized spacial score (nSPS) is 18.0. The Hall–Kier alpha value is -7.52. The fourth-order valence-electron chi connectivity index (χ4n) is 7.92. The van der Waals surface area contributed by atoms with Crippen LogP contribution in [-0.2, 0) is 25.6 Å². The van der Waals surface area contributed by atoms with Crippen LogP contribution in [0.15, 0.2) is 46.4 Å². The van der Waals surface area contributed by atoms with E-state index in [0.29, 0.717) is 55.2 Å². The molecule has 0 spiro atoms. The number of phenols is 2. The molecule has 2 aliphatic rings. The third-order valence-corrected chi connectivity index (χ3v) is 11.6. The van der Waals surface area contributed by atoms with Crippen molar-refractivity contribution in [3.8, 4) is 34.5 Å². The number of aromatic amines is 2. The topological polar surface area (TPSA) is 285 Å². The predicted octanol–water partition coefficient (Wildman–Crippen LogP) is 5.98. The number of benzene rings is 2. The van der Waals surface area contributed by atoms with Gasteiger partial charge in [-0.15, -0.1) is 0 Å². The summed E-state index contributed by atoms with van der Waals surface area (Å²) in [5, 5.41) is 43.5. The summed E-state index contributed by atoms with van der Waals surface area (Å²) in [6, 6.07) is 8.89. The summed E-state index contributed by atoms with van der Waals surface area (Å²) in [5.41, 5.74) is 2.09. The van der Waals surface area contributed by atoms with E-state index in [4.69, 9.17) is 33.4 Å². The van der Waals surface area contributed by atoms with E-state index in [1.54, 1.807) is 16.8 Å². The van der Waals surface area contributed by atoms with Gasteiger partial charge in [-0.1, -0.05) is 6.92 Å². The number of alkyl carbamates (subject to hydrolysis) is 2. The second-order valence-corrected chi connectivity index (χ2v) is 18.2. The maximum Gasteiger partial charge on any atom is 0.407 e. The van der Waals surface area contributed by atoms with Gasteiger partial charge in [0.2, 0.25) is 0 Å². The van der Waals surface area contributed by atoms with Crippen molar-refractivity contribution in [1.29, 1.82) is 0 Å². The lowest BCUT2D eigenvalue weighted by Gasteiger charge is -2.33. The smallest absolute Gasteiger partial charge is 0.407 e. The van der Waals surface area contributed by atoms with E-state index in [0.717, 1.165) is 24.2 Å². The van der Waals surface area contributed by atoms with Gasteiger partial charge < -0.3 is 54.6 Å². The zero-order valence-electron chi connectivity index (χ0n) is 41.5. The maximum atomic E-state index is 13.5. The Morgan fingerprint density at radius 3 is 1.99 bits per heavy atom. The molecule has 2 aliphatic carbocycles. The minimum absolute atomic E-state index is 0.00400. The molecule has 4 aromatic rings. The van der Waals surface area contributed by atoms with Crippen molar-refractivity contribution >= 4 is 48.1 Å². The number of hydrogen-bond acceptors (Lipinski definition) is 15. The average molecular weight is 988 g/mol. The molecule has 4 amide bonds. The molecule has 22 heteroatoms. The number of carbonyl (C=O) groups is 4. The van der Waals surface area contributed by atoms with Crippen molar-refractivity contribution < 1.29 is 62.5 Å². The SMILES string of the molecule is CCCNC(=O)O[C@@H]1CCC(c2cc(NC(=O)COc3cc(OC)cc(O)c3C=NC(C)C[n+]3[nH]c(C4CC(OC(=O)NC(C)C)C4)cc3NC(=O)COc3cc(OC)cc(O)c3C=NC(C)C)n[nH]2)C1. The lowest BCUT2D eigenvalue weighted by atomic mass is 9.80. The fourth-order valence-corrected chi connectivity index (χ4v) is 7.92. The molecular formula is C49H67N10O12+. The standard InChI is InChI=1S/C49H66N10O12/c1-9-12-50-48(64)70-32-11-10-30(13-32)38-20-44(57-56-38)54-46(62)25-68-43-19-34(67-8)17-41(61)37(43)23-52-29(6)24-59-45(21-39(58-59)31-14-35(15-31)71-49(65)53-28(4)5)55-47(63)26-69-42-18-33(66-7)16-40(60)36(42)22-51-27(2)3/h16-23,27-32,35H,9-15,24-26H2,1-8H3,(H7,50,51,52,53,54,55,56,57,58,60,61,62,63,64,65)/p+1/t29?,30?,31?,32-,35?/m1/s1. The molecule has 2 saturated carbocycles. The molecule has 0 bridgehead atoms. The number of anilines is 2. The number of H-pyrrole nitrogens is 2. The number of phenolic OH excluding ortho intramolecular Hbond substituents is 2. The van der Waals surface area contributed by atoms with Crippen molar-refractivity contribution in [2.75, 3.05) is 44.6 Å². The number of aliphatic imine (C=N–C) groups is 2. The number of rotatable bonds is 23. The largest absolute Gasteiger partial charge is 0.507 e. The highest BCUT2D eigenvalue weighted by molar-refractivity contribution is 5.93. The molecule has 384 valence electrons. The van der Waals surface area contributed by atoms with Crippen LogP contribution in [0, 0.1) is 0 Å². The van der Waals surface area contributed by atoms with Crippen LogP contribution in [0.4, 0.5) is 21.2 Å². The first-order valence-corrected chi connectivity index (χ1v) is 23.8. The van der Waals surface area contributed by atoms with Crippen molar-refractivity contribution in [2.45, 2.75) is 129 Å². The van der Waals surface area contributed by atoms with Gasteiger partial charge in [0.1, 0.15) is 53.2 Å². The molecule has 71 heavy (non-hydrogen) atoms. The number of nitrogens with one attached hydrogen (secondary N) is 6. The number of nitrogens with zero attached hydrogens (tertiary/aromatic N) is 4. The minimum atomic E-state index is -0.508. The minimum Gasteiger partial charge on any atom is -0.507 e. The first-order valence-electron chi connectivity index (χ1n) is 23.8. The van der Waals surface area contributed by atoms with Gasteiger partial charge in [0.05, 0.1) is 43.1 Å². The van der Waals surface area contributed by atoms with E-state index < -0.39 is 43.3 Å². The molecule has 6 rings (SSSR count). The highest BCUT2D eigenvalue weighted by Crippen LogP contribution is 2.39. The van der Waals surface area contributed by atoms with E-state index in [-0.39, 0.29) is 77.0 Å². The Kier molecular flexibility index (Phi) is 18.5. The quantitative estimate of drug-likeness (QED) is 0.0314. The average Bonchev–Trinajstić information content (AvgIpc) is 4.07. The van der Waals surface area contributed by atoms with Gasteiger partial charge in [-0.25, -0.2) is 24.8 Å². The van der Waals surface area contributed by atoms with E-state index >= 15 is 0 Å². The molecule has 2 aromatic heterocycles. The van der Waals surface area contributed by atoms with E-state index in [2.05, 4.69) is 41.6 Å². The molecule has 0 aliphatic heterocycles. The molecule has 22 nitrogen and oxygen atoms in total. The molecule has 2 heterocycles. The third-order valence-electron chi connectivity index (χ3n) is 11.6. The van der Waals surface area contributed by atoms with Crippen LogP contribution < -0.4 is 44.9 Å². The summed E-state index contributed by atoms with van der Waals surface area (Å²) >= 11 is 0. The van der Waals surface area contributed by atoms with Gasteiger partial charge in [-0.2, -0.15) is 9.78 Å². The van der Waals surface area contributed by atoms with Crippen LogP contribution in [0.2, 0.25) is 0 Å². The van der Waals surface area contributed by atoms with Gasteiger partial charge in [0, 0.05) is 78.9 Å². The summed E-state index contributed by atoms with van der Waals surface area (Å²) in [4.78, 5) is 60.0. The van der Waals surface area contributed by atoms with Gasteiger partial charge in [-0.05, 0) is 73.1 Å². The highest BCUT2D eigenvalue weighted by Gasteiger charge is 2.37. The Balaban J connectivity index is 1.12. The zero-order chi connectivity index (χ0) is 51.2. The Labute approximate surface area is 412 Å². The predicted molar refractivity (Wildman–Crippen MR) is 263 cm³/mol. The number of aromatic nitrogens is 4. The van der Waals surface area contributed by atoms with Crippen molar-refractivity contribution in [2.24, 2.45) is 9.98 Å². The lowest BCUT2D eigenvalue weighted by molar-refractivity contribution is -0.738. The van der Waals surface area contributed by atoms with Crippen LogP contribution in [0.5, 0.6) is 34.5 Å². The molecule has 2 aromatic carbocycles. The number of carbonyl (C=O) groups excluding carboxylic acids is 4. The Morgan fingerprint density at radius 2 is 1.38 bits per heavy atom. The number of hydrogen-bond donors (Lipinski definition) is 8. The zero-order valence-corrected chi connectivity index (χ0v) is 41.5. The highest BCUT2D eigenvalue weighted by atomic mass is 16.6. The van der Waals surface area contributed by atoms with Crippen molar-refractivity contribution in [3.63, 3.8) is 0 Å². The Morgan fingerprint density at radius 1 is 0.775 bits per heavy atom. The van der Waals surface area contributed by atoms with E-state index in [9.17, 15) is 29.4 Å². The van der Waals surface area contributed by atoms with Crippen molar-refractivity contribution in [3.05, 3.63) is 58.9 Å². The lowest BCUT2D eigenvalue weighted by Crippen LogP contribution is -2.44. The molecule has 2 unspecified atom stereocenters. The Bertz CT molecular complexity index is 2530. The van der Waals surface area contributed by atoms with Gasteiger partial charge in [0.25, 0.3) is 5.91 Å². The third kappa shape index (κ3) is 15.2. The van der Waals surface area contributed by atoms with Crippen LogP contribution in [-0.4, -0.2) is 126 Å². The second-order valence-electron chi connectivity index (χ2n) is 18.2. The molecule has 0 saturated heterocycles. The monoisotopic (exact) mass is 987 g/mol. The number of amides is 4. The summed E-state index contributed by atoms with van der Waals surface area (Å²) in [6.45, 7) is 11.2. The first-order chi connectivity index (χ1) is 34.0. The molecular weight excluding hydrogens is 921 g/mol. The first kappa shape index (κ1) is 52.8. The number of ether oxygens (including phenoxy) is 6. The summed E-state index contributed by atoms with van der Waals surface area (Å²) < 4.78 is 35.4.